The van der Waals surface area contributed by atoms with Crippen molar-refractivity contribution in [3.8, 4) is 0 Å². The van der Waals surface area contributed by atoms with E-state index in [1.807, 2.05) is 0 Å². The van der Waals surface area contributed by atoms with Crippen LogP contribution in [0.3, 0.4) is 0 Å². The number of rotatable bonds is 0. The molecule has 6 heavy (non-hydrogen) atoms. The van der Waals surface area contributed by atoms with E-state index in [4.69, 9.17) is 4.74 Å². The Balaban J connectivity index is 2.18. The topological polar surface area (TPSA) is 32.3 Å². The van der Waals surface area contributed by atoms with E-state index in [0.717, 1.165) is 0 Å². The highest BCUT2D eigenvalue weighted by Crippen LogP contribution is 1.97. The van der Waals surface area contributed by atoms with E-state index in [1.54, 1.807) is 0 Å². The Labute approximate surface area is 36.7 Å². The molecule has 1 saturated heterocycles. The van der Waals surface area contributed by atoms with Crippen molar-refractivity contribution in [3.63, 3.8) is 0 Å². The number of ether oxygens (including phenoxy) is 1. The van der Waals surface area contributed by atoms with Crippen molar-refractivity contribution in [2.75, 3.05) is 13.2 Å². The zero-order chi connectivity index (χ0) is 4.41. The fourth-order valence-corrected chi connectivity index (χ4v) is 0.513. The minimum Gasteiger partial charge on any atom is -0.850 e. The molecule has 36 valence electrons. The molecule has 0 spiro atoms. The molecule has 1 unspecified atom stereocenters. The van der Waals surface area contributed by atoms with Gasteiger partial charge in [-0.2, -0.15) is 0 Å². The van der Waals surface area contributed by atoms with E-state index >= 15 is 0 Å². The van der Waals surface area contributed by atoms with Gasteiger partial charge in [0.2, 0.25) is 0 Å². The number of hydrogen-bond acceptors (Lipinski definition) is 2. The Hall–Kier alpha value is -0.0800. The van der Waals surface area contributed by atoms with E-state index in [-0.39, 0.29) is 0 Å². The van der Waals surface area contributed by atoms with Crippen molar-refractivity contribution in [2.24, 2.45) is 0 Å². The Morgan fingerprint density at radius 1 is 1.67 bits per heavy atom. The van der Waals surface area contributed by atoms with Gasteiger partial charge in [0.15, 0.2) is 0 Å². The zero-order valence-electron chi connectivity index (χ0n) is 3.52. The van der Waals surface area contributed by atoms with Crippen LogP contribution in [0.2, 0.25) is 0 Å². The summed E-state index contributed by atoms with van der Waals surface area (Å²) in [5, 5.41) is 10.2. The van der Waals surface area contributed by atoms with Crippen LogP contribution in [0.4, 0.5) is 0 Å². The Bertz CT molecular complexity index is 38.8. The zero-order valence-corrected chi connectivity index (χ0v) is 3.52. The van der Waals surface area contributed by atoms with Gasteiger partial charge in [-0.1, -0.05) is 0 Å². The molecular formula is C4H7O2-. The van der Waals surface area contributed by atoms with E-state index < -0.39 is 6.10 Å². The van der Waals surface area contributed by atoms with Crippen LogP contribution in [0.25, 0.3) is 0 Å². The lowest BCUT2D eigenvalue weighted by atomic mass is 10.3. The first kappa shape index (κ1) is 4.09. The van der Waals surface area contributed by atoms with Gasteiger partial charge >= 0.3 is 0 Å². The van der Waals surface area contributed by atoms with Crippen molar-refractivity contribution in [2.45, 2.75) is 12.5 Å². The highest BCUT2D eigenvalue weighted by Gasteiger charge is 2.01. The molecule has 0 N–H and O–H groups in total. The third kappa shape index (κ3) is 0.698. The summed E-state index contributed by atoms with van der Waals surface area (Å²) in [4.78, 5) is 0. The van der Waals surface area contributed by atoms with Crippen LogP contribution < -0.4 is 5.11 Å². The Morgan fingerprint density at radius 2 is 2.50 bits per heavy atom. The minimum absolute atomic E-state index is 0.426. The lowest BCUT2D eigenvalue weighted by Crippen LogP contribution is -2.23. The third-order valence-electron chi connectivity index (χ3n) is 0.888. The molecule has 0 bridgehead atoms. The van der Waals surface area contributed by atoms with E-state index in [2.05, 4.69) is 0 Å². The van der Waals surface area contributed by atoms with Gasteiger partial charge in [-0.3, -0.25) is 0 Å². The molecule has 1 aliphatic heterocycles. The van der Waals surface area contributed by atoms with Gasteiger partial charge in [-0.05, 0) is 6.42 Å². The summed E-state index contributed by atoms with van der Waals surface area (Å²) >= 11 is 0. The molecule has 1 fully saturated rings. The van der Waals surface area contributed by atoms with Crippen molar-refractivity contribution in [1.82, 2.24) is 0 Å². The largest absolute Gasteiger partial charge is 0.850 e. The van der Waals surface area contributed by atoms with Crippen LogP contribution in [0.1, 0.15) is 6.42 Å². The highest BCUT2D eigenvalue weighted by atomic mass is 16.5. The lowest BCUT2D eigenvalue weighted by Gasteiger charge is -2.08. The Kier molecular flexibility index (Phi) is 1.08. The first-order valence-electron chi connectivity index (χ1n) is 2.13. The maximum absolute atomic E-state index is 10.2. The fraction of sp³-hybridized carbons (Fsp3) is 1.00. The third-order valence-corrected chi connectivity index (χ3v) is 0.888. The second-order valence-corrected chi connectivity index (χ2v) is 1.49. The quantitative estimate of drug-likeness (QED) is 0.385. The van der Waals surface area contributed by atoms with Crippen LogP contribution >= 0.6 is 0 Å². The van der Waals surface area contributed by atoms with Crippen LogP contribution in [0.15, 0.2) is 0 Å². The maximum atomic E-state index is 10.2. The molecule has 0 radical (unpaired) electrons. The molecular weight excluding hydrogens is 80.0 g/mol. The molecule has 0 aromatic carbocycles. The normalized spacial score (nSPS) is 34.5. The molecule has 1 atom stereocenters. The average molecular weight is 87.1 g/mol. The lowest BCUT2D eigenvalue weighted by molar-refractivity contribution is -0.416. The first-order valence-corrected chi connectivity index (χ1v) is 2.13. The molecule has 1 aliphatic rings. The highest BCUT2D eigenvalue weighted by molar-refractivity contribution is 4.56. The molecule has 1 heterocycles. The van der Waals surface area contributed by atoms with Gasteiger partial charge in [0.1, 0.15) is 0 Å². The SMILES string of the molecule is [O-]C1CCOC1. The molecule has 0 aromatic heterocycles. The summed E-state index contributed by atoms with van der Waals surface area (Å²) in [7, 11) is 0. The van der Waals surface area contributed by atoms with E-state index in [1.165, 1.54) is 0 Å². The van der Waals surface area contributed by atoms with Crippen LogP contribution in [-0.2, 0) is 4.74 Å². The predicted octanol–water partition coefficient (Wildman–Crippen LogP) is -0.864. The second-order valence-electron chi connectivity index (χ2n) is 1.49. The van der Waals surface area contributed by atoms with Gasteiger partial charge in [-0.15, -0.1) is 6.10 Å². The van der Waals surface area contributed by atoms with Gasteiger partial charge in [0, 0.05) is 13.2 Å². The first-order chi connectivity index (χ1) is 2.89. The molecule has 0 aromatic rings. The monoisotopic (exact) mass is 87.0 g/mol. The summed E-state index contributed by atoms with van der Waals surface area (Å²) in [5.74, 6) is 0. The van der Waals surface area contributed by atoms with Crippen molar-refractivity contribution < 1.29 is 9.84 Å². The van der Waals surface area contributed by atoms with E-state index in [9.17, 15) is 5.11 Å². The second kappa shape index (κ2) is 1.58. The van der Waals surface area contributed by atoms with Crippen LogP contribution in [0, 0.1) is 0 Å². The average Bonchev–Trinajstić information content (AvgIpc) is 1.86. The molecule has 1 rings (SSSR count). The maximum Gasteiger partial charge on any atom is 0.0456 e. The summed E-state index contributed by atoms with van der Waals surface area (Å²) in [5.41, 5.74) is 0. The van der Waals surface area contributed by atoms with Crippen molar-refractivity contribution in [3.05, 3.63) is 0 Å². The van der Waals surface area contributed by atoms with Gasteiger partial charge in [0.05, 0.1) is 0 Å². The summed E-state index contributed by atoms with van der Waals surface area (Å²) in [6.07, 6.45) is 0.282. The molecule has 0 saturated carbocycles. The van der Waals surface area contributed by atoms with Gasteiger partial charge in [-0.25, -0.2) is 0 Å². The molecule has 0 amide bonds. The summed E-state index contributed by atoms with van der Waals surface area (Å²) in [6.45, 7) is 1.11. The van der Waals surface area contributed by atoms with E-state index in [0.29, 0.717) is 19.6 Å². The smallest absolute Gasteiger partial charge is 0.0456 e. The predicted molar refractivity (Wildman–Crippen MR) is 19.2 cm³/mol. The fourth-order valence-electron chi connectivity index (χ4n) is 0.513. The van der Waals surface area contributed by atoms with Gasteiger partial charge in [0.25, 0.3) is 0 Å². The standard InChI is InChI=1S/C4H7O2/c5-4-1-2-6-3-4/h4H,1-3H2/q-1. The van der Waals surface area contributed by atoms with Crippen molar-refractivity contribution >= 4 is 0 Å². The summed E-state index contributed by atoms with van der Waals surface area (Å²) in [6, 6.07) is 0. The summed E-state index contributed by atoms with van der Waals surface area (Å²) < 4.78 is 4.74. The molecule has 0 aliphatic carbocycles. The number of hydrogen-bond donors (Lipinski definition) is 0. The molecule has 2 heteroatoms. The minimum atomic E-state index is -0.426. The molecule has 2 nitrogen and oxygen atoms in total. The van der Waals surface area contributed by atoms with Crippen LogP contribution in [0.5, 0.6) is 0 Å². The van der Waals surface area contributed by atoms with Crippen molar-refractivity contribution in [1.29, 1.82) is 0 Å². The Morgan fingerprint density at radius 3 is 2.67 bits per heavy atom. The van der Waals surface area contributed by atoms with Crippen LogP contribution in [-0.4, -0.2) is 19.3 Å². The van der Waals surface area contributed by atoms with Gasteiger partial charge < -0.3 is 9.84 Å².